The Morgan fingerprint density at radius 3 is 2.56 bits per heavy atom. The summed E-state index contributed by atoms with van der Waals surface area (Å²) in [6, 6.07) is 7.27. The minimum Gasteiger partial charge on any atom is -0.508 e. The number of rotatable bonds is 3. The summed E-state index contributed by atoms with van der Waals surface area (Å²) in [5.41, 5.74) is 1.13. The molecule has 1 saturated heterocycles. The first kappa shape index (κ1) is 11.2. The van der Waals surface area contributed by atoms with Gasteiger partial charge in [0.2, 0.25) is 0 Å². The highest BCUT2D eigenvalue weighted by Gasteiger charge is 2.06. The molecular weight excluding hydrogens is 200 g/mol. The van der Waals surface area contributed by atoms with Gasteiger partial charge in [-0.15, -0.1) is 0 Å². The van der Waals surface area contributed by atoms with E-state index in [4.69, 9.17) is 5.11 Å². The summed E-state index contributed by atoms with van der Waals surface area (Å²) in [5.74, 6) is 0.319. The Kier molecular flexibility index (Phi) is 3.97. The molecule has 1 fully saturated rings. The van der Waals surface area contributed by atoms with E-state index in [1.54, 1.807) is 12.1 Å². The van der Waals surface area contributed by atoms with Crippen molar-refractivity contribution in [2.24, 2.45) is 0 Å². The molecule has 1 aliphatic rings. The summed E-state index contributed by atoms with van der Waals surface area (Å²) >= 11 is 0. The zero-order valence-electron chi connectivity index (χ0n) is 9.39. The molecule has 0 amide bonds. The molecule has 3 nitrogen and oxygen atoms in total. The number of aromatic hydroxyl groups is 1. The Hall–Kier alpha value is -1.32. The molecule has 1 aliphatic heterocycles. The van der Waals surface area contributed by atoms with Crippen LogP contribution in [0.4, 0.5) is 0 Å². The molecule has 86 valence electrons. The first-order chi connectivity index (χ1) is 7.84. The first-order valence-corrected chi connectivity index (χ1v) is 5.73. The molecule has 0 aromatic heterocycles. The van der Waals surface area contributed by atoms with Gasteiger partial charge in [0.05, 0.1) is 0 Å². The lowest BCUT2D eigenvalue weighted by Crippen LogP contribution is -2.43. The third-order valence-corrected chi connectivity index (χ3v) is 2.78. The molecule has 1 heterocycles. The van der Waals surface area contributed by atoms with E-state index in [1.165, 1.54) is 0 Å². The third-order valence-electron chi connectivity index (χ3n) is 2.78. The van der Waals surface area contributed by atoms with Crippen molar-refractivity contribution < 1.29 is 5.11 Å². The van der Waals surface area contributed by atoms with Crippen LogP contribution < -0.4 is 5.32 Å². The largest absolute Gasteiger partial charge is 0.508 e. The Bertz CT molecular complexity index is 339. The zero-order chi connectivity index (χ0) is 11.2. The van der Waals surface area contributed by atoms with Crippen LogP contribution in [0.25, 0.3) is 6.08 Å². The van der Waals surface area contributed by atoms with Gasteiger partial charge in [0.1, 0.15) is 5.75 Å². The molecule has 0 radical (unpaired) electrons. The Morgan fingerprint density at radius 1 is 1.19 bits per heavy atom. The van der Waals surface area contributed by atoms with Crippen molar-refractivity contribution in [3.05, 3.63) is 35.9 Å². The van der Waals surface area contributed by atoms with Crippen LogP contribution >= 0.6 is 0 Å². The van der Waals surface area contributed by atoms with Crippen molar-refractivity contribution in [2.45, 2.75) is 0 Å². The van der Waals surface area contributed by atoms with E-state index in [0.29, 0.717) is 5.75 Å². The van der Waals surface area contributed by atoms with Gasteiger partial charge in [-0.25, -0.2) is 0 Å². The molecule has 2 rings (SSSR count). The molecule has 3 heteroatoms. The summed E-state index contributed by atoms with van der Waals surface area (Å²) in [6.07, 6.45) is 4.28. The molecule has 0 unspecified atom stereocenters. The van der Waals surface area contributed by atoms with Crippen LogP contribution in [0.5, 0.6) is 5.75 Å². The average molecular weight is 218 g/mol. The van der Waals surface area contributed by atoms with E-state index in [9.17, 15) is 0 Å². The van der Waals surface area contributed by atoms with Crippen molar-refractivity contribution >= 4 is 6.08 Å². The van der Waals surface area contributed by atoms with Crippen molar-refractivity contribution in [2.75, 3.05) is 32.7 Å². The van der Waals surface area contributed by atoms with Crippen LogP contribution in [0.3, 0.4) is 0 Å². The maximum Gasteiger partial charge on any atom is 0.115 e. The molecule has 1 aromatic carbocycles. The molecule has 0 spiro atoms. The zero-order valence-corrected chi connectivity index (χ0v) is 9.39. The summed E-state index contributed by atoms with van der Waals surface area (Å²) in [6.45, 7) is 5.43. The second kappa shape index (κ2) is 5.68. The highest BCUT2D eigenvalue weighted by molar-refractivity contribution is 5.50. The topological polar surface area (TPSA) is 35.5 Å². The smallest absolute Gasteiger partial charge is 0.115 e. The minimum atomic E-state index is 0.319. The van der Waals surface area contributed by atoms with Gasteiger partial charge in [-0.2, -0.15) is 0 Å². The second-order valence-corrected chi connectivity index (χ2v) is 4.04. The van der Waals surface area contributed by atoms with Gasteiger partial charge in [-0.3, -0.25) is 4.90 Å². The van der Waals surface area contributed by atoms with Gasteiger partial charge in [0, 0.05) is 32.7 Å². The quantitative estimate of drug-likeness (QED) is 0.803. The maximum absolute atomic E-state index is 9.15. The second-order valence-electron chi connectivity index (χ2n) is 4.04. The molecule has 1 aromatic rings. The van der Waals surface area contributed by atoms with Crippen LogP contribution in [0.2, 0.25) is 0 Å². The molecule has 0 atom stereocenters. The standard InChI is InChI=1S/C13H18N2O/c16-13-5-3-12(4-6-13)2-1-9-15-10-7-14-8-11-15/h1-6,14,16H,7-11H2/b2-1+. The lowest BCUT2D eigenvalue weighted by atomic mass is 10.2. The van der Waals surface area contributed by atoms with Crippen LogP contribution in [0.15, 0.2) is 30.3 Å². The molecular formula is C13H18N2O. The fourth-order valence-corrected chi connectivity index (χ4v) is 1.82. The lowest BCUT2D eigenvalue weighted by molar-refractivity contribution is 0.265. The molecule has 0 saturated carbocycles. The van der Waals surface area contributed by atoms with E-state index in [2.05, 4.69) is 22.4 Å². The molecule has 0 aliphatic carbocycles. The van der Waals surface area contributed by atoms with Gasteiger partial charge < -0.3 is 10.4 Å². The Morgan fingerprint density at radius 2 is 1.88 bits per heavy atom. The summed E-state index contributed by atoms with van der Waals surface area (Å²) in [7, 11) is 0. The highest BCUT2D eigenvalue weighted by atomic mass is 16.3. The number of hydrogen-bond acceptors (Lipinski definition) is 3. The molecule has 2 N–H and O–H groups in total. The van der Waals surface area contributed by atoms with E-state index in [-0.39, 0.29) is 0 Å². The number of hydrogen-bond donors (Lipinski definition) is 2. The van der Waals surface area contributed by atoms with Gasteiger partial charge in [0.25, 0.3) is 0 Å². The number of phenolic OH excluding ortho intramolecular Hbond substituents is 1. The van der Waals surface area contributed by atoms with Gasteiger partial charge in [-0.05, 0) is 17.7 Å². The predicted octanol–water partition coefficient (Wildman–Crippen LogP) is 1.31. The third kappa shape index (κ3) is 3.36. The Balaban J connectivity index is 1.82. The number of phenols is 1. The van der Waals surface area contributed by atoms with Gasteiger partial charge >= 0.3 is 0 Å². The first-order valence-electron chi connectivity index (χ1n) is 5.73. The van der Waals surface area contributed by atoms with Crippen molar-refractivity contribution in [3.8, 4) is 5.75 Å². The van der Waals surface area contributed by atoms with Crippen LogP contribution in [0.1, 0.15) is 5.56 Å². The Labute approximate surface area is 96.4 Å². The van der Waals surface area contributed by atoms with Gasteiger partial charge in [-0.1, -0.05) is 24.3 Å². The van der Waals surface area contributed by atoms with Crippen molar-refractivity contribution in [3.63, 3.8) is 0 Å². The monoisotopic (exact) mass is 218 g/mol. The lowest BCUT2D eigenvalue weighted by Gasteiger charge is -2.25. The van der Waals surface area contributed by atoms with E-state index < -0.39 is 0 Å². The fourth-order valence-electron chi connectivity index (χ4n) is 1.82. The van der Waals surface area contributed by atoms with Gasteiger partial charge in [0.15, 0.2) is 0 Å². The normalized spacial score (nSPS) is 18.0. The fraction of sp³-hybridized carbons (Fsp3) is 0.385. The van der Waals surface area contributed by atoms with Crippen LogP contribution in [-0.4, -0.2) is 42.7 Å². The summed E-state index contributed by atoms with van der Waals surface area (Å²) in [4.78, 5) is 2.42. The number of piperazine rings is 1. The predicted molar refractivity (Wildman–Crippen MR) is 66.5 cm³/mol. The highest BCUT2D eigenvalue weighted by Crippen LogP contribution is 2.10. The van der Waals surface area contributed by atoms with Crippen molar-refractivity contribution in [1.82, 2.24) is 10.2 Å². The van der Waals surface area contributed by atoms with E-state index in [0.717, 1.165) is 38.3 Å². The SMILES string of the molecule is Oc1ccc(/C=C/CN2CCNCC2)cc1. The number of benzene rings is 1. The van der Waals surface area contributed by atoms with E-state index >= 15 is 0 Å². The maximum atomic E-state index is 9.15. The number of nitrogens with one attached hydrogen (secondary N) is 1. The van der Waals surface area contributed by atoms with E-state index in [1.807, 2.05) is 12.1 Å². The minimum absolute atomic E-state index is 0.319. The summed E-state index contributed by atoms with van der Waals surface area (Å²) in [5, 5.41) is 12.5. The van der Waals surface area contributed by atoms with Crippen LogP contribution in [-0.2, 0) is 0 Å². The molecule has 16 heavy (non-hydrogen) atoms. The number of nitrogens with zero attached hydrogens (tertiary/aromatic N) is 1. The summed E-state index contributed by atoms with van der Waals surface area (Å²) < 4.78 is 0. The van der Waals surface area contributed by atoms with Crippen LogP contribution in [0, 0.1) is 0 Å². The van der Waals surface area contributed by atoms with Crippen molar-refractivity contribution in [1.29, 1.82) is 0 Å². The average Bonchev–Trinajstić information content (AvgIpc) is 2.33. The molecule has 0 bridgehead atoms.